The van der Waals surface area contributed by atoms with E-state index in [2.05, 4.69) is 10.1 Å². The van der Waals surface area contributed by atoms with Gasteiger partial charge in [-0.1, -0.05) is 11.2 Å². The molecule has 6 heteroatoms. The van der Waals surface area contributed by atoms with Crippen molar-refractivity contribution in [1.82, 2.24) is 15.0 Å². The maximum absolute atomic E-state index is 12.2. The van der Waals surface area contributed by atoms with Gasteiger partial charge in [0, 0.05) is 18.7 Å². The van der Waals surface area contributed by atoms with Gasteiger partial charge in [0.15, 0.2) is 0 Å². The van der Waals surface area contributed by atoms with Crippen molar-refractivity contribution >= 4 is 5.91 Å². The van der Waals surface area contributed by atoms with Crippen LogP contribution in [-0.2, 0) is 6.54 Å². The molecule has 0 aliphatic heterocycles. The highest BCUT2D eigenvalue weighted by Crippen LogP contribution is 2.15. The third-order valence-electron chi connectivity index (χ3n) is 2.92. The summed E-state index contributed by atoms with van der Waals surface area (Å²) in [7, 11) is 1.67. The molecule has 0 unspecified atom stereocenters. The lowest BCUT2D eigenvalue weighted by Crippen LogP contribution is -2.28. The SMILES string of the molecule is Cc1noc(C)c1CN(C)C(=O)c1cccc(=O)[nH]1. The van der Waals surface area contributed by atoms with Crippen LogP contribution in [0.15, 0.2) is 27.5 Å². The highest BCUT2D eigenvalue weighted by Gasteiger charge is 2.17. The molecule has 2 aromatic rings. The molecule has 0 atom stereocenters. The Morgan fingerprint density at radius 1 is 1.42 bits per heavy atom. The van der Waals surface area contributed by atoms with Gasteiger partial charge in [-0.25, -0.2) is 0 Å². The second-order valence-corrected chi connectivity index (χ2v) is 4.39. The van der Waals surface area contributed by atoms with E-state index >= 15 is 0 Å². The quantitative estimate of drug-likeness (QED) is 0.901. The number of aromatic nitrogens is 2. The van der Waals surface area contributed by atoms with Crippen LogP contribution in [0.2, 0.25) is 0 Å². The molecule has 1 N–H and O–H groups in total. The van der Waals surface area contributed by atoms with E-state index in [0.717, 1.165) is 11.3 Å². The van der Waals surface area contributed by atoms with Crippen molar-refractivity contribution in [2.75, 3.05) is 7.05 Å². The van der Waals surface area contributed by atoms with Gasteiger partial charge in [0.1, 0.15) is 11.5 Å². The van der Waals surface area contributed by atoms with Gasteiger partial charge in [-0.3, -0.25) is 9.59 Å². The van der Waals surface area contributed by atoms with E-state index < -0.39 is 0 Å². The monoisotopic (exact) mass is 261 g/mol. The number of rotatable bonds is 3. The van der Waals surface area contributed by atoms with E-state index in [9.17, 15) is 9.59 Å². The summed E-state index contributed by atoms with van der Waals surface area (Å²) in [6.45, 7) is 4.02. The van der Waals surface area contributed by atoms with E-state index in [1.807, 2.05) is 6.92 Å². The molecular weight excluding hydrogens is 246 g/mol. The van der Waals surface area contributed by atoms with Crippen molar-refractivity contribution in [2.24, 2.45) is 0 Å². The van der Waals surface area contributed by atoms with Crippen LogP contribution in [0, 0.1) is 13.8 Å². The van der Waals surface area contributed by atoms with Gasteiger partial charge in [0.05, 0.1) is 12.2 Å². The molecule has 6 nitrogen and oxygen atoms in total. The predicted octanol–water partition coefficient (Wildman–Crippen LogP) is 1.25. The summed E-state index contributed by atoms with van der Waals surface area (Å²) in [5, 5.41) is 3.84. The smallest absolute Gasteiger partial charge is 0.270 e. The summed E-state index contributed by atoms with van der Waals surface area (Å²) in [5.41, 5.74) is 1.62. The largest absolute Gasteiger partial charge is 0.361 e. The molecule has 0 aliphatic rings. The summed E-state index contributed by atoms with van der Waals surface area (Å²) in [6, 6.07) is 4.49. The van der Waals surface area contributed by atoms with Crippen molar-refractivity contribution in [1.29, 1.82) is 0 Å². The van der Waals surface area contributed by atoms with Gasteiger partial charge in [-0.2, -0.15) is 0 Å². The summed E-state index contributed by atoms with van der Waals surface area (Å²) in [6.07, 6.45) is 0. The number of hydrogen-bond acceptors (Lipinski definition) is 4. The van der Waals surface area contributed by atoms with Crippen molar-refractivity contribution in [2.45, 2.75) is 20.4 Å². The average molecular weight is 261 g/mol. The maximum atomic E-state index is 12.2. The Morgan fingerprint density at radius 2 is 2.16 bits per heavy atom. The number of pyridine rings is 1. The minimum atomic E-state index is -0.295. The number of carbonyl (C=O) groups is 1. The highest BCUT2D eigenvalue weighted by atomic mass is 16.5. The third-order valence-corrected chi connectivity index (χ3v) is 2.92. The van der Waals surface area contributed by atoms with Crippen LogP contribution in [0.1, 0.15) is 27.5 Å². The van der Waals surface area contributed by atoms with Crippen molar-refractivity contribution in [3.8, 4) is 0 Å². The Morgan fingerprint density at radius 3 is 2.74 bits per heavy atom. The van der Waals surface area contributed by atoms with Crippen LogP contribution in [0.3, 0.4) is 0 Å². The predicted molar refractivity (Wildman–Crippen MR) is 68.8 cm³/mol. The first-order valence-electron chi connectivity index (χ1n) is 5.85. The second kappa shape index (κ2) is 5.09. The maximum Gasteiger partial charge on any atom is 0.270 e. The number of nitrogens with zero attached hydrogens (tertiary/aromatic N) is 2. The molecule has 0 saturated carbocycles. The molecule has 0 aliphatic carbocycles. The minimum Gasteiger partial charge on any atom is -0.361 e. The number of carbonyl (C=O) groups excluding carboxylic acids is 1. The van der Waals surface area contributed by atoms with Crippen molar-refractivity contribution < 1.29 is 9.32 Å². The van der Waals surface area contributed by atoms with Gasteiger partial charge < -0.3 is 14.4 Å². The summed E-state index contributed by atoms with van der Waals surface area (Å²) >= 11 is 0. The van der Waals surface area contributed by atoms with E-state index in [1.165, 1.54) is 11.0 Å². The Kier molecular flexibility index (Phi) is 3.50. The lowest BCUT2D eigenvalue weighted by molar-refractivity contribution is 0.0778. The molecule has 0 spiro atoms. The highest BCUT2D eigenvalue weighted by molar-refractivity contribution is 5.92. The fourth-order valence-corrected chi connectivity index (χ4v) is 1.81. The lowest BCUT2D eigenvalue weighted by atomic mass is 10.2. The molecule has 1 amide bonds. The van der Waals surface area contributed by atoms with Crippen molar-refractivity contribution in [3.05, 3.63) is 51.3 Å². The molecule has 100 valence electrons. The second-order valence-electron chi connectivity index (χ2n) is 4.39. The first-order chi connectivity index (χ1) is 8.99. The number of aromatic amines is 1. The van der Waals surface area contributed by atoms with E-state index in [1.54, 1.807) is 26.1 Å². The van der Waals surface area contributed by atoms with Crippen LogP contribution in [0.4, 0.5) is 0 Å². The topological polar surface area (TPSA) is 79.2 Å². The first kappa shape index (κ1) is 13.1. The van der Waals surface area contributed by atoms with Crippen LogP contribution >= 0.6 is 0 Å². The molecule has 19 heavy (non-hydrogen) atoms. The molecule has 2 heterocycles. The molecule has 0 aromatic carbocycles. The van der Waals surface area contributed by atoms with Crippen LogP contribution < -0.4 is 5.56 Å². The zero-order valence-electron chi connectivity index (χ0n) is 11.1. The Hall–Kier alpha value is -2.37. The van der Waals surface area contributed by atoms with Crippen LogP contribution in [-0.4, -0.2) is 28.0 Å². The standard InChI is InChI=1S/C13H15N3O3/c1-8-10(9(2)19-15-8)7-16(3)13(18)11-5-4-6-12(17)14-11/h4-6H,7H2,1-3H3,(H,14,17). The van der Waals surface area contributed by atoms with E-state index in [0.29, 0.717) is 12.3 Å². The third kappa shape index (κ3) is 2.73. The molecule has 2 aromatic heterocycles. The summed E-state index contributed by atoms with van der Waals surface area (Å²) in [4.78, 5) is 27.4. The lowest BCUT2D eigenvalue weighted by Gasteiger charge is -2.16. The van der Waals surface area contributed by atoms with E-state index in [-0.39, 0.29) is 17.2 Å². The normalized spacial score (nSPS) is 10.5. The number of aryl methyl sites for hydroxylation is 2. The van der Waals surface area contributed by atoms with Gasteiger partial charge in [-0.15, -0.1) is 0 Å². The van der Waals surface area contributed by atoms with E-state index in [4.69, 9.17) is 4.52 Å². The van der Waals surface area contributed by atoms with Gasteiger partial charge in [0.2, 0.25) is 5.56 Å². The number of amides is 1. The molecule has 0 radical (unpaired) electrons. The first-order valence-corrected chi connectivity index (χ1v) is 5.85. The minimum absolute atomic E-state index is 0.252. The Balaban J connectivity index is 2.19. The fraction of sp³-hybridized carbons (Fsp3) is 0.308. The fourth-order valence-electron chi connectivity index (χ4n) is 1.81. The van der Waals surface area contributed by atoms with Crippen LogP contribution in [0.5, 0.6) is 0 Å². The van der Waals surface area contributed by atoms with Gasteiger partial charge in [-0.05, 0) is 19.9 Å². The average Bonchev–Trinajstić information content (AvgIpc) is 2.69. The van der Waals surface area contributed by atoms with Crippen LogP contribution in [0.25, 0.3) is 0 Å². The number of nitrogens with one attached hydrogen (secondary N) is 1. The molecule has 2 rings (SSSR count). The summed E-state index contributed by atoms with van der Waals surface area (Å²) < 4.78 is 5.05. The number of hydrogen-bond donors (Lipinski definition) is 1. The van der Waals surface area contributed by atoms with Gasteiger partial charge >= 0.3 is 0 Å². The molecule has 0 saturated heterocycles. The summed E-state index contributed by atoms with van der Waals surface area (Å²) in [5.74, 6) is 0.441. The van der Waals surface area contributed by atoms with Crippen molar-refractivity contribution in [3.63, 3.8) is 0 Å². The number of H-pyrrole nitrogens is 1. The van der Waals surface area contributed by atoms with Gasteiger partial charge in [0.25, 0.3) is 5.91 Å². The zero-order valence-corrected chi connectivity index (χ0v) is 11.1. The zero-order chi connectivity index (χ0) is 14.0. The molecule has 0 fully saturated rings. The molecule has 0 bridgehead atoms. The molecular formula is C13H15N3O3. The Bertz CT molecular complexity index is 638. The Labute approximate surface area is 110 Å².